The van der Waals surface area contributed by atoms with E-state index in [4.69, 9.17) is 4.74 Å². The van der Waals surface area contributed by atoms with Crippen molar-refractivity contribution in [3.63, 3.8) is 0 Å². The molecule has 1 aromatic heterocycles. The molecule has 22 heavy (non-hydrogen) atoms. The van der Waals surface area contributed by atoms with Gasteiger partial charge in [-0.1, -0.05) is 25.1 Å². The van der Waals surface area contributed by atoms with Crippen LogP contribution >= 0.6 is 11.8 Å². The Balaban J connectivity index is 1.62. The first-order valence-electron chi connectivity index (χ1n) is 7.38. The Morgan fingerprint density at radius 2 is 2.18 bits per heavy atom. The summed E-state index contributed by atoms with van der Waals surface area (Å²) in [6.45, 7) is 3.65. The lowest BCUT2D eigenvalue weighted by molar-refractivity contribution is 0.102. The van der Waals surface area contributed by atoms with Gasteiger partial charge in [-0.25, -0.2) is 0 Å². The molecule has 1 aromatic carbocycles. The molecule has 0 spiro atoms. The zero-order chi connectivity index (χ0) is 15.4. The third kappa shape index (κ3) is 3.24. The van der Waals surface area contributed by atoms with Gasteiger partial charge < -0.3 is 4.74 Å². The van der Waals surface area contributed by atoms with E-state index in [0.717, 1.165) is 36.0 Å². The van der Waals surface area contributed by atoms with Crippen molar-refractivity contribution < 1.29 is 9.53 Å². The molecule has 2 aromatic rings. The molecular weight excluding hydrogens is 300 g/mol. The molecule has 1 amide bonds. The van der Waals surface area contributed by atoms with Crippen LogP contribution in [0.3, 0.4) is 0 Å². The molecule has 1 aliphatic heterocycles. The monoisotopic (exact) mass is 318 g/mol. The van der Waals surface area contributed by atoms with Crippen LogP contribution in [0, 0.1) is 0 Å². The van der Waals surface area contributed by atoms with Crippen LogP contribution in [0.4, 0.5) is 5.95 Å². The second-order valence-corrected chi connectivity index (χ2v) is 6.05. The lowest BCUT2D eigenvalue weighted by atomic mass is 10.2. The maximum atomic E-state index is 12.2. The number of nitrogens with one attached hydrogen (secondary N) is 1. The van der Waals surface area contributed by atoms with Crippen molar-refractivity contribution in [1.82, 2.24) is 14.8 Å². The van der Waals surface area contributed by atoms with Gasteiger partial charge in [0, 0.05) is 17.9 Å². The Bertz CT molecular complexity index is 654. The van der Waals surface area contributed by atoms with Crippen molar-refractivity contribution in [3.05, 3.63) is 29.8 Å². The Labute approximate surface area is 133 Å². The highest BCUT2D eigenvalue weighted by atomic mass is 32.2. The minimum Gasteiger partial charge on any atom is -0.494 e. The van der Waals surface area contributed by atoms with Crippen molar-refractivity contribution in [2.75, 3.05) is 17.7 Å². The zero-order valence-electron chi connectivity index (χ0n) is 12.4. The average Bonchev–Trinajstić information content (AvgIpc) is 3.13. The normalized spacial score (nSPS) is 13.0. The number of ether oxygens (including phenoxy) is 1. The summed E-state index contributed by atoms with van der Waals surface area (Å²) in [6, 6.07) is 7.14. The molecular formula is C15H18N4O2S. The Morgan fingerprint density at radius 1 is 1.36 bits per heavy atom. The maximum Gasteiger partial charge on any atom is 0.258 e. The average molecular weight is 318 g/mol. The molecule has 7 heteroatoms. The first kappa shape index (κ1) is 14.9. The smallest absolute Gasteiger partial charge is 0.258 e. The van der Waals surface area contributed by atoms with Crippen molar-refractivity contribution in [3.8, 4) is 5.75 Å². The summed E-state index contributed by atoms with van der Waals surface area (Å²) in [5.74, 6) is 2.07. The molecule has 1 N–H and O–H groups in total. The number of aromatic nitrogens is 3. The highest BCUT2D eigenvalue weighted by molar-refractivity contribution is 7.99. The minimum atomic E-state index is -0.188. The van der Waals surface area contributed by atoms with E-state index < -0.39 is 0 Å². The minimum absolute atomic E-state index is 0.188. The lowest BCUT2D eigenvalue weighted by Crippen LogP contribution is -2.15. The van der Waals surface area contributed by atoms with E-state index >= 15 is 0 Å². The maximum absolute atomic E-state index is 12.2. The number of carbonyl (C=O) groups is 1. The highest BCUT2D eigenvalue weighted by Crippen LogP contribution is 2.26. The first-order valence-corrected chi connectivity index (χ1v) is 8.36. The fourth-order valence-electron chi connectivity index (χ4n) is 2.13. The van der Waals surface area contributed by atoms with E-state index in [9.17, 15) is 4.79 Å². The number of fused-ring (bicyclic) bond motifs is 1. The van der Waals surface area contributed by atoms with E-state index in [1.54, 1.807) is 23.9 Å². The molecule has 0 radical (unpaired) electrons. The molecule has 6 nitrogen and oxygen atoms in total. The van der Waals surface area contributed by atoms with Crippen LogP contribution in [-0.4, -0.2) is 33.0 Å². The Hall–Kier alpha value is -2.02. The SMILES string of the molecule is CCCCOc1ccc(C(=O)Nc2nnc3n2CCS3)cc1. The van der Waals surface area contributed by atoms with Crippen molar-refractivity contribution >= 4 is 23.6 Å². The third-order valence-corrected chi connectivity index (χ3v) is 4.32. The molecule has 0 fully saturated rings. The number of unbranched alkanes of at least 4 members (excludes halogenated alkanes) is 1. The topological polar surface area (TPSA) is 69.0 Å². The van der Waals surface area contributed by atoms with Crippen LogP contribution in [0.1, 0.15) is 30.1 Å². The number of anilines is 1. The van der Waals surface area contributed by atoms with Gasteiger partial charge in [-0.3, -0.25) is 14.7 Å². The largest absolute Gasteiger partial charge is 0.494 e. The lowest BCUT2D eigenvalue weighted by Gasteiger charge is -2.07. The number of rotatable bonds is 6. The molecule has 0 unspecified atom stereocenters. The molecule has 2 heterocycles. The Kier molecular flexibility index (Phi) is 4.62. The quantitative estimate of drug-likeness (QED) is 0.829. The van der Waals surface area contributed by atoms with Gasteiger partial charge >= 0.3 is 0 Å². The highest BCUT2D eigenvalue weighted by Gasteiger charge is 2.19. The van der Waals surface area contributed by atoms with Crippen molar-refractivity contribution in [2.24, 2.45) is 0 Å². The zero-order valence-corrected chi connectivity index (χ0v) is 13.2. The number of hydrogen-bond acceptors (Lipinski definition) is 5. The summed E-state index contributed by atoms with van der Waals surface area (Å²) < 4.78 is 7.51. The summed E-state index contributed by atoms with van der Waals surface area (Å²) >= 11 is 1.64. The van der Waals surface area contributed by atoms with Crippen molar-refractivity contribution in [1.29, 1.82) is 0 Å². The molecule has 0 atom stereocenters. The van der Waals surface area contributed by atoms with Gasteiger partial charge in [0.2, 0.25) is 5.95 Å². The van der Waals surface area contributed by atoms with Crippen LogP contribution in [-0.2, 0) is 6.54 Å². The van der Waals surface area contributed by atoms with Gasteiger partial charge in [-0.05, 0) is 30.7 Å². The van der Waals surface area contributed by atoms with Gasteiger partial charge in [0.1, 0.15) is 5.75 Å². The van der Waals surface area contributed by atoms with Crippen LogP contribution in [0.2, 0.25) is 0 Å². The van der Waals surface area contributed by atoms with Crippen LogP contribution in [0.25, 0.3) is 0 Å². The van der Waals surface area contributed by atoms with Gasteiger partial charge in [-0.15, -0.1) is 10.2 Å². The second kappa shape index (κ2) is 6.83. The number of hydrogen-bond donors (Lipinski definition) is 1. The molecule has 0 saturated carbocycles. The fraction of sp³-hybridized carbons (Fsp3) is 0.400. The van der Waals surface area contributed by atoms with Crippen LogP contribution in [0.5, 0.6) is 5.75 Å². The van der Waals surface area contributed by atoms with Gasteiger partial charge in [0.15, 0.2) is 5.16 Å². The van der Waals surface area contributed by atoms with Gasteiger partial charge in [0.05, 0.1) is 6.61 Å². The number of nitrogens with zero attached hydrogens (tertiary/aromatic N) is 3. The first-order chi connectivity index (χ1) is 10.8. The molecule has 0 aliphatic carbocycles. The number of amides is 1. The van der Waals surface area contributed by atoms with Crippen LogP contribution < -0.4 is 10.1 Å². The predicted octanol–water partition coefficient (Wildman–Crippen LogP) is 2.82. The van der Waals surface area contributed by atoms with E-state index in [1.165, 1.54) is 0 Å². The number of thioether (sulfide) groups is 1. The molecule has 0 bridgehead atoms. The van der Waals surface area contributed by atoms with E-state index in [0.29, 0.717) is 18.1 Å². The fourth-order valence-corrected chi connectivity index (χ4v) is 3.02. The van der Waals surface area contributed by atoms with Gasteiger partial charge in [0.25, 0.3) is 5.91 Å². The molecule has 1 aliphatic rings. The van der Waals surface area contributed by atoms with Crippen molar-refractivity contribution in [2.45, 2.75) is 31.5 Å². The molecule has 0 saturated heterocycles. The van der Waals surface area contributed by atoms with Crippen LogP contribution in [0.15, 0.2) is 29.4 Å². The summed E-state index contributed by atoms with van der Waals surface area (Å²) in [5.41, 5.74) is 0.575. The van der Waals surface area contributed by atoms with E-state index in [2.05, 4.69) is 22.4 Å². The molecule has 116 valence electrons. The summed E-state index contributed by atoms with van der Waals surface area (Å²) in [4.78, 5) is 12.2. The predicted molar refractivity (Wildman–Crippen MR) is 85.5 cm³/mol. The number of carbonyl (C=O) groups excluding carboxylic acids is 1. The second-order valence-electron chi connectivity index (χ2n) is 4.99. The van der Waals surface area contributed by atoms with Gasteiger partial charge in [-0.2, -0.15) is 0 Å². The summed E-state index contributed by atoms with van der Waals surface area (Å²) in [7, 11) is 0. The molecule has 3 rings (SSSR count). The summed E-state index contributed by atoms with van der Waals surface area (Å²) in [6.07, 6.45) is 2.12. The van der Waals surface area contributed by atoms with E-state index in [1.807, 2.05) is 16.7 Å². The Morgan fingerprint density at radius 3 is 2.95 bits per heavy atom. The number of benzene rings is 1. The third-order valence-electron chi connectivity index (χ3n) is 3.37. The standard InChI is InChI=1S/C15H18N4O2S/c1-2-3-9-21-12-6-4-11(5-7-12)13(20)16-14-17-18-15-19(14)8-10-22-15/h4-7H,2-3,8-10H2,1H3,(H,16,17,20). The van der Waals surface area contributed by atoms with E-state index in [-0.39, 0.29) is 5.91 Å². The summed E-state index contributed by atoms with van der Waals surface area (Å²) in [5, 5.41) is 11.7.